The number of para-hydroxylation sites is 1. The molecule has 0 aliphatic heterocycles. The Hall–Kier alpha value is -3.65. The maximum absolute atomic E-state index is 12.6. The lowest BCUT2D eigenvalue weighted by Crippen LogP contribution is -2.21. The van der Waals surface area contributed by atoms with Crippen molar-refractivity contribution in [3.8, 4) is 17.1 Å². The molecule has 4 rings (SSSR count). The van der Waals surface area contributed by atoms with Gasteiger partial charge in [0.05, 0.1) is 5.75 Å². The van der Waals surface area contributed by atoms with Crippen LogP contribution in [0.2, 0.25) is 0 Å². The zero-order valence-corrected chi connectivity index (χ0v) is 19.5. The summed E-state index contributed by atoms with van der Waals surface area (Å²) < 4.78 is 1.96. The third-order valence-electron chi connectivity index (χ3n) is 5.20. The largest absolute Gasteiger partial charge is 0.372 e. The van der Waals surface area contributed by atoms with E-state index in [0.29, 0.717) is 11.0 Å². The lowest BCUT2D eigenvalue weighted by atomic mass is 10.2. The normalized spacial score (nSPS) is 10.7. The van der Waals surface area contributed by atoms with E-state index in [0.717, 1.165) is 35.7 Å². The van der Waals surface area contributed by atoms with Crippen LogP contribution in [0.3, 0.4) is 0 Å². The molecule has 0 aliphatic rings. The number of carbonyl (C=O) groups is 1. The molecule has 33 heavy (non-hydrogen) atoms. The fourth-order valence-corrected chi connectivity index (χ4v) is 4.28. The Morgan fingerprint density at radius 1 is 0.939 bits per heavy atom. The van der Waals surface area contributed by atoms with Gasteiger partial charge in [0.1, 0.15) is 0 Å². The van der Waals surface area contributed by atoms with Crippen LogP contribution in [0.1, 0.15) is 13.8 Å². The highest BCUT2D eigenvalue weighted by Crippen LogP contribution is 2.28. The number of carbonyl (C=O) groups excluding carboxylic acids is 1. The third-order valence-corrected chi connectivity index (χ3v) is 6.13. The Kier molecular flexibility index (Phi) is 7.36. The van der Waals surface area contributed by atoms with Crippen LogP contribution in [0, 0.1) is 0 Å². The van der Waals surface area contributed by atoms with E-state index >= 15 is 0 Å². The molecule has 0 saturated heterocycles. The highest BCUT2D eigenvalue weighted by Gasteiger charge is 2.17. The first-order valence-electron chi connectivity index (χ1n) is 10.9. The molecule has 0 unspecified atom stereocenters. The van der Waals surface area contributed by atoms with Crippen molar-refractivity contribution in [1.29, 1.82) is 0 Å². The van der Waals surface area contributed by atoms with Gasteiger partial charge < -0.3 is 10.2 Å². The SMILES string of the molecule is CCN(CC)c1ccc(NC(=O)CSc2nnc(-c3ccncc3)n2-c2ccccc2)cc1. The molecule has 7 nitrogen and oxygen atoms in total. The summed E-state index contributed by atoms with van der Waals surface area (Å²) in [5.74, 6) is 0.834. The minimum atomic E-state index is -0.0938. The maximum Gasteiger partial charge on any atom is 0.234 e. The van der Waals surface area contributed by atoms with E-state index in [-0.39, 0.29) is 11.7 Å². The summed E-state index contributed by atoms with van der Waals surface area (Å²) in [6.07, 6.45) is 3.45. The summed E-state index contributed by atoms with van der Waals surface area (Å²) in [7, 11) is 0. The topological polar surface area (TPSA) is 75.9 Å². The molecule has 2 aromatic carbocycles. The first kappa shape index (κ1) is 22.5. The Balaban J connectivity index is 1.48. The molecule has 1 amide bonds. The Bertz CT molecular complexity index is 1170. The van der Waals surface area contributed by atoms with Crippen LogP contribution in [0.5, 0.6) is 0 Å². The highest BCUT2D eigenvalue weighted by molar-refractivity contribution is 7.99. The minimum Gasteiger partial charge on any atom is -0.372 e. The second kappa shape index (κ2) is 10.8. The maximum atomic E-state index is 12.6. The number of nitrogens with one attached hydrogen (secondary N) is 1. The third kappa shape index (κ3) is 5.40. The fraction of sp³-hybridized carbons (Fsp3) is 0.200. The van der Waals surface area contributed by atoms with Crippen LogP contribution in [-0.4, -0.2) is 44.5 Å². The van der Waals surface area contributed by atoms with Crippen LogP contribution in [0.25, 0.3) is 17.1 Å². The summed E-state index contributed by atoms with van der Waals surface area (Å²) in [5.41, 5.74) is 3.76. The number of aromatic nitrogens is 4. The van der Waals surface area contributed by atoms with Crippen LogP contribution in [0.4, 0.5) is 11.4 Å². The van der Waals surface area contributed by atoms with Gasteiger partial charge in [-0.1, -0.05) is 30.0 Å². The molecule has 168 valence electrons. The predicted molar refractivity (Wildman–Crippen MR) is 134 cm³/mol. The zero-order valence-electron chi connectivity index (χ0n) is 18.7. The van der Waals surface area contributed by atoms with Gasteiger partial charge in [-0.2, -0.15) is 0 Å². The Morgan fingerprint density at radius 3 is 2.30 bits per heavy atom. The van der Waals surface area contributed by atoms with E-state index < -0.39 is 0 Å². The number of pyridine rings is 1. The average molecular weight is 459 g/mol. The Morgan fingerprint density at radius 2 is 1.64 bits per heavy atom. The zero-order chi connectivity index (χ0) is 23.0. The van der Waals surface area contributed by atoms with E-state index in [2.05, 4.69) is 39.2 Å². The van der Waals surface area contributed by atoms with Gasteiger partial charge in [-0.05, 0) is 62.4 Å². The van der Waals surface area contributed by atoms with Gasteiger partial charge in [0.2, 0.25) is 5.91 Å². The number of hydrogen-bond acceptors (Lipinski definition) is 6. The van der Waals surface area contributed by atoms with Gasteiger partial charge in [0.25, 0.3) is 0 Å². The van der Waals surface area contributed by atoms with Gasteiger partial charge >= 0.3 is 0 Å². The van der Waals surface area contributed by atoms with Crippen molar-refractivity contribution in [2.45, 2.75) is 19.0 Å². The van der Waals surface area contributed by atoms with Crippen molar-refractivity contribution in [3.63, 3.8) is 0 Å². The van der Waals surface area contributed by atoms with Gasteiger partial charge in [-0.25, -0.2) is 0 Å². The number of hydrogen-bond donors (Lipinski definition) is 1. The second-order valence-electron chi connectivity index (χ2n) is 7.27. The molecule has 0 atom stereocenters. The van der Waals surface area contributed by atoms with Gasteiger partial charge in [0, 0.05) is 48.1 Å². The van der Waals surface area contributed by atoms with Crippen LogP contribution >= 0.6 is 11.8 Å². The molecule has 0 aliphatic carbocycles. The summed E-state index contributed by atoms with van der Waals surface area (Å²) in [6, 6.07) is 21.6. The van der Waals surface area contributed by atoms with Crippen molar-refractivity contribution in [2.75, 3.05) is 29.1 Å². The molecule has 2 aromatic heterocycles. The highest BCUT2D eigenvalue weighted by atomic mass is 32.2. The molecule has 0 fully saturated rings. The standard InChI is InChI=1S/C25H26N6OS/c1-3-30(4-2)21-12-10-20(11-13-21)27-23(32)18-33-25-29-28-24(19-14-16-26-17-15-19)31(25)22-8-6-5-7-9-22/h5-17H,3-4,18H2,1-2H3,(H,27,32). The van der Waals surface area contributed by atoms with E-state index in [1.807, 2.05) is 71.3 Å². The van der Waals surface area contributed by atoms with Crippen molar-refractivity contribution in [2.24, 2.45) is 0 Å². The first-order chi connectivity index (χ1) is 16.2. The average Bonchev–Trinajstić information content (AvgIpc) is 3.30. The summed E-state index contributed by atoms with van der Waals surface area (Å²) >= 11 is 1.35. The summed E-state index contributed by atoms with van der Waals surface area (Å²) in [5, 5.41) is 12.4. The Labute approximate surface area is 197 Å². The van der Waals surface area contributed by atoms with E-state index in [4.69, 9.17) is 0 Å². The van der Waals surface area contributed by atoms with Gasteiger partial charge in [-0.3, -0.25) is 14.3 Å². The van der Waals surface area contributed by atoms with Crippen LogP contribution < -0.4 is 10.2 Å². The fourth-order valence-electron chi connectivity index (χ4n) is 3.53. The number of rotatable bonds is 9. The molecule has 8 heteroatoms. The molecule has 4 aromatic rings. The van der Waals surface area contributed by atoms with E-state index in [1.54, 1.807) is 12.4 Å². The molecule has 0 bridgehead atoms. The van der Waals surface area contributed by atoms with Crippen molar-refractivity contribution >= 4 is 29.0 Å². The van der Waals surface area contributed by atoms with Gasteiger partial charge in [0.15, 0.2) is 11.0 Å². The predicted octanol–water partition coefficient (Wildman–Crippen LogP) is 4.91. The number of thioether (sulfide) groups is 1. The van der Waals surface area contributed by atoms with Crippen molar-refractivity contribution < 1.29 is 4.79 Å². The van der Waals surface area contributed by atoms with E-state index in [9.17, 15) is 4.79 Å². The molecule has 0 saturated carbocycles. The van der Waals surface area contributed by atoms with Gasteiger partial charge in [-0.15, -0.1) is 10.2 Å². The van der Waals surface area contributed by atoms with Crippen LogP contribution in [-0.2, 0) is 4.79 Å². The molecule has 0 spiro atoms. The number of benzene rings is 2. The second-order valence-corrected chi connectivity index (χ2v) is 8.21. The van der Waals surface area contributed by atoms with Crippen molar-refractivity contribution in [1.82, 2.24) is 19.7 Å². The smallest absolute Gasteiger partial charge is 0.234 e. The van der Waals surface area contributed by atoms with E-state index in [1.165, 1.54) is 11.8 Å². The van der Waals surface area contributed by atoms with Crippen LogP contribution in [0.15, 0.2) is 84.3 Å². The quantitative estimate of drug-likeness (QED) is 0.359. The molecule has 1 N–H and O–H groups in total. The molecular weight excluding hydrogens is 432 g/mol. The minimum absolute atomic E-state index is 0.0938. The molecule has 0 radical (unpaired) electrons. The lowest BCUT2D eigenvalue weighted by Gasteiger charge is -2.21. The number of amides is 1. The summed E-state index contributed by atoms with van der Waals surface area (Å²) in [6.45, 7) is 6.15. The molecule has 2 heterocycles. The molecular formula is C25H26N6OS. The lowest BCUT2D eigenvalue weighted by molar-refractivity contribution is -0.113. The monoisotopic (exact) mass is 458 g/mol. The number of nitrogens with zero attached hydrogens (tertiary/aromatic N) is 5. The summed E-state index contributed by atoms with van der Waals surface area (Å²) in [4.78, 5) is 19.0. The first-order valence-corrected chi connectivity index (χ1v) is 11.9. The van der Waals surface area contributed by atoms with Crippen molar-refractivity contribution in [3.05, 3.63) is 79.1 Å². The number of anilines is 2.